The Morgan fingerprint density at radius 3 is 2.83 bits per heavy atom. The van der Waals surface area contributed by atoms with E-state index >= 15 is 0 Å². The molecule has 68 valence electrons. The predicted octanol–water partition coefficient (Wildman–Crippen LogP) is -0.328. The Morgan fingerprint density at radius 2 is 2.42 bits per heavy atom. The molecule has 1 heterocycles. The SMILES string of the molecule is Cn1cc(CC(C)(N)CO)cn1. The van der Waals surface area contributed by atoms with E-state index in [1.54, 1.807) is 10.9 Å². The molecule has 0 aliphatic carbocycles. The van der Waals surface area contributed by atoms with E-state index in [1.165, 1.54) is 0 Å². The molecule has 0 radical (unpaired) electrons. The maximum absolute atomic E-state index is 8.91. The van der Waals surface area contributed by atoms with Gasteiger partial charge < -0.3 is 10.8 Å². The Morgan fingerprint density at radius 1 is 1.75 bits per heavy atom. The van der Waals surface area contributed by atoms with Crippen molar-refractivity contribution in [2.45, 2.75) is 18.9 Å². The quantitative estimate of drug-likeness (QED) is 0.651. The number of rotatable bonds is 3. The van der Waals surface area contributed by atoms with Crippen LogP contribution in [0.4, 0.5) is 0 Å². The summed E-state index contributed by atoms with van der Waals surface area (Å²) in [6.07, 6.45) is 4.32. The minimum atomic E-state index is -0.539. The van der Waals surface area contributed by atoms with Gasteiger partial charge in [-0.3, -0.25) is 4.68 Å². The maximum atomic E-state index is 8.91. The standard InChI is InChI=1S/C8H15N3O/c1-8(9,6-12)3-7-4-10-11(2)5-7/h4-5,12H,3,6,9H2,1-2H3. The van der Waals surface area contributed by atoms with E-state index < -0.39 is 5.54 Å². The first-order valence-electron chi connectivity index (χ1n) is 3.91. The molecule has 4 nitrogen and oxygen atoms in total. The first kappa shape index (κ1) is 9.22. The van der Waals surface area contributed by atoms with Crippen molar-refractivity contribution in [1.29, 1.82) is 0 Å². The van der Waals surface area contributed by atoms with Crippen molar-refractivity contribution in [3.63, 3.8) is 0 Å². The lowest BCUT2D eigenvalue weighted by molar-refractivity contribution is 0.208. The van der Waals surface area contributed by atoms with Gasteiger partial charge in [0.2, 0.25) is 0 Å². The van der Waals surface area contributed by atoms with Crippen LogP contribution >= 0.6 is 0 Å². The maximum Gasteiger partial charge on any atom is 0.0611 e. The zero-order chi connectivity index (χ0) is 9.19. The second-order valence-electron chi connectivity index (χ2n) is 3.51. The van der Waals surface area contributed by atoms with Crippen molar-refractivity contribution in [2.24, 2.45) is 12.8 Å². The van der Waals surface area contributed by atoms with Gasteiger partial charge in [-0.25, -0.2) is 0 Å². The van der Waals surface area contributed by atoms with Crippen LogP contribution in [0.1, 0.15) is 12.5 Å². The Balaban J connectivity index is 2.63. The van der Waals surface area contributed by atoms with Gasteiger partial charge in [-0.05, 0) is 18.9 Å². The van der Waals surface area contributed by atoms with Gasteiger partial charge in [-0.15, -0.1) is 0 Å². The van der Waals surface area contributed by atoms with Crippen molar-refractivity contribution in [3.05, 3.63) is 18.0 Å². The lowest BCUT2D eigenvalue weighted by Crippen LogP contribution is -2.42. The highest BCUT2D eigenvalue weighted by Crippen LogP contribution is 2.08. The fourth-order valence-electron chi connectivity index (χ4n) is 1.09. The highest BCUT2D eigenvalue weighted by Gasteiger charge is 2.17. The van der Waals surface area contributed by atoms with Gasteiger partial charge in [0.1, 0.15) is 0 Å². The molecule has 0 fully saturated rings. The molecule has 1 aromatic rings. The zero-order valence-electron chi connectivity index (χ0n) is 7.49. The van der Waals surface area contributed by atoms with E-state index in [2.05, 4.69) is 5.10 Å². The molecule has 1 aromatic heterocycles. The number of nitrogens with two attached hydrogens (primary N) is 1. The molecule has 1 unspecified atom stereocenters. The van der Waals surface area contributed by atoms with Crippen LogP contribution in [0.5, 0.6) is 0 Å². The van der Waals surface area contributed by atoms with E-state index in [0.29, 0.717) is 6.42 Å². The molecule has 4 heteroatoms. The molecule has 0 aromatic carbocycles. The van der Waals surface area contributed by atoms with Crippen LogP contribution < -0.4 is 5.73 Å². The number of aromatic nitrogens is 2. The van der Waals surface area contributed by atoms with Crippen LogP contribution in [0.3, 0.4) is 0 Å². The predicted molar refractivity (Wildman–Crippen MR) is 46.6 cm³/mol. The minimum Gasteiger partial charge on any atom is -0.394 e. The van der Waals surface area contributed by atoms with Crippen LogP contribution in [-0.2, 0) is 13.5 Å². The third-order valence-corrected chi connectivity index (χ3v) is 1.73. The molecule has 1 atom stereocenters. The number of aliphatic hydroxyl groups is 1. The molecule has 0 saturated carbocycles. The third-order valence-electron chi connectivity index (χ3n) is 1.73. The molecule has 3 N–H and O–H groups in total. The fraction of sp³-hybridized carbons (Fsp3) is 0.625. The van der Waals surface area contributed by atoms with Crippen LogP contribution in [0.25, 0.3) is 0 Å². The summed E-state index contributed by atoms with van der Waals surface area (Å²) >= 11 is 0. The summed E-state index contributed by atoms with van der Waals surface area (Å²) in [6, 6.07) is 0. The molecule has 0 bridgehead atoms. The van der Waals surface area contributed by atoms with Crippen molar-refractivity contribution in [1.82, 2.24) is 9.78 Å². The Kier molecular flexibility index (Phi) is 2.49. The van der Waals surface area contributed by atoms with Gasteiger partial charge >= 0.3 is 0 Å². The lowest BCUT2D eigenvalue weighted by atomic mass is 9.97. The van der Waals surface area contributed by atoms with E-state index in [4.69, 9.17) is 10.8 Å². The number of hydrogen-bond donors (Lipinski definition) is 2. The van der Waals surface area contributed by atoms with Gasteiger partial charge in [0, 0.05) is 18.8 Å². The zero-order valence-corrected chi connectivity index (χ0v) is 7.49. The molecule has 1 rings (SSSR count). The van der Waals surface area contributed by atoms with Crippen molar-refractivity contribution in [3.8, 4) is 0 Å². The molecule has 0 amide bonds. The van der Waals surface area contributed by atoms with Crippen molar-refractivity contribution in [2.75, 3.05) is 6.61 Å². The average Bonchev–Trinajstić information content (AvgIpc) is 2.35. The monoisotopic (exact) mass is 169 g/mol. The van der Waals surface area contributed by atoms with Crippen molar-refractivity contribution >= 4 is 0 Å². The van der Waals surface area contributed by atoms with Gasteiger partial charge in [0.25, 0.3) is 0 Å². The molecule has 12 heavy (non-hydrogen) atoms. The van der Waals surface area contributed by atoms with Crippen LogP contribution in [-0.4, -0.2) is 27.0 Å². The molecule has 0 saturated heterocycles. The first-order valence-corrected chi connectivity index (χ1v) is 3.91. The fourth-order valence-corrected chi connectivity index (χ4v) is 1.09. The minimum absolute atomic E-state index is 0.0120. The summed E-state index contributed by atoms with van der Waals surface area (Å²) in [4.78, 5) is 0. The lowest BCUT2D eigenvalue weighted by Gasteiger charge is -2.20. The summed E-state index contributed by atoms with van der Waals surface area (Å²) in [5.41, 5.74) is 6.28. The molecule has 0 spiro atoms. The molecule has 0 aliphatic rings. The van der Waals surface area contributed by atoms with E-state index in [1.807, 2.05) is 20.2 Å². The van der Waals surface area contributed by atoms with Crippen LogP contribution in [0.15, 0.2) is 12.4 Å². The number of nitrogens with zero attached hydrogens (tertiary/aromatic N) is 2. The highest BCUT2D eigenvalue weighted by molar-refractivity contribution is 5.08. The van der Waals surface area contributed by atoms with Gasteiger partial charge in [-0.2, -0.15) is 5.10 Å². The van der Waals surface area contributed by atoms with Gasteiger partial charge in [0.15, 0.2) is 0 Å². The normalized spacial score (nSPS) is 16.0. The summed E-state index contributed by atoms with van der Waals surface area (Å²) in [5, 5.41) is 12.9. The van der Waals surface area contributed by atoms with Crippen molar-refractivity contribution < 1.29 is 5.11 Å². The summed E-state index contributed by atoms with van der Waals surface area (Å²) in [6.45, 7) is 1.81. The first-order chi connectivity index (χ1) is 5.53. The average molecular weight is 169 g/mol. The van der Waals surface area contributed by atoms with E-state index in [9.17, 15) is 0 Å². The largest absolute Gasteiger partial charge is 0.394 e. The second kappa shape index (κ2) is 3.25. The van der Waals surface area contributed by atoms with E-state index in [-0.39, 0.29) is 6.61 Å². The van der Waals surface area contributed by atoms with Gasteiger partial charge in [0.05, 0.1) is 12.8 Å². The summed E-state index contributed by atoms with van der Waals surface area (Å²) in [7, 11) is 1.86. The Hall–Kier alpha value is -0.870. The molecular weight excluding hydrogens is 154 g/mol. The Labute approximate surface area is 72.0 Å². The Bertz CT molecular complexity index is 255. The number of aliphatic hydroxyl groups excluding tert-OH is 1. The summed E-state index contributed by atoms with van der Waals surface area (Å²) < 4.78 is 1.72. The number of aryl methyl sites for hydroxylation is 1. The number of hydrogen-bond acceptors (Lipinski definition) is 3. The van der Waals surface area contributed by atoms with Gasteiger partial charge in [-0.1, -0.05) is 0 Å². The topological polar surface area (TPSA) is 64.1 Å². The van der Waals surface area contributed by atoms with Crippen LogP contribution in [0.2, 0.25) is 0 Å². The van der Waals surface area contributed by atoms with Crippen LogP contribution in [0, 0.1) is 0 Å². The highest BCUT2D eigenvalue weighted by atomic mass is 16.3. The molecular formula is C8H15N3O. The third kappa shape index (κ3) is 2.32. The second-order valence-corrected chi connectivity index (χ2v) is 3.51. The van der Waals surface area contributed by atoms with E-state index in [0.717, 1.165) is 5.56 Å². The molecule has 0 aliphatic heterocycles. The summed E-state index contributed by atoms with van der Waals surface area (Å²) in [5.74, 6) is 0. The smallest absolute Gasteiger partial charge is 0.0611 e.